The van der Waals surface area contributed by atoms with Crippen LogP contribution in [0.3, 0.4) is 0 Å². The summed E-state index contributed by atoms with van der Waals surface area (Å²) in [6.07, 6.45) is 1.04. The third kappa shape index (κ3) is 1.79. The van der Waals surface area contributed by atoms with Crippen molar-refractivity contribution in [1.82, 2.24) is 5.23 Å². The Morgan fingerprint density at radius 1 is 0.882 bits per heavy atom. The summed E-state index contributed by atoms with van der Waals surface area (Å²) in [7, 11) is 5.64. The van der Waals surface area contributed by atoms with E-state index in [1.165, 1.54) is 16.7 Å². The van der Waals surface area contributed by atoms with E-state index in [1.807, 2.05) is 0 Å². The maximum absolute atomic E-state index is 5.64. The molecule has 1 aliphatic rings. The van der Waals surface area contributed by atoms with Crippen LogP contribution in [0.2, 0.25) is 0 Å². The molecule has 1 aliphatic carbocycles. The quantitative estimate of drug-likeness (QED) is 0.765. The summed E-state index contributed by atoms with van der Waals surface area (Å²) in [4.78, 5) is 0. The van der Waals surface area contributed by atoms with E-state index in [0.29, 0.717) is 5.92 Å². The van der Waals surface area contributed by atoms with E-state index in [1.54, 1.807) is 0 Å². The number of nitrogens with one attached hydrogen (secondary N) is 1. The SMILES string of the molecule is [B]N[C@H]1C[C@@H](c2ccccc2)c2ccccc21. The topological polar surface area (TPSA) is 12.0 Å². The first kappa shape index (κ1) is 10.6. The van der Waals surface area contributed by atoms with Gasteiger partial charge in [0, 0.05) is 12.0 Å². The standard InChI is InChI=1S/C15H14BN/c16-17-15-10-14(11-6-2-1-3-7-11)12-8-4-5-9-13(12)15/h1-9,14-15,17H,10H2/t14-,15-/m0/s1. The summed E-state index contributed by atoms with van der Waals surface area (Å²) < 4.78 is 0. The molecule has 0 spiro atoms. The molecule has 0 bridgehead atoms. The second kappa shape index (κ2) is 4.38. The molecule has 2 radical (unpaired) electrons. The zero-order valence-electron chi connectivity index (χ0n) is 9.64. The van der Waals surface area contributed by atoms with Crippen molar-refractivity contribution in [3.05, 3.63) is 71.3 Å². The van der Waals surface area contributed by atoms with Crippen LogP contribution in [0.25, 0.3) is 0 Å². The molecule has 82 valence electrons. The van der Waals surface area contributed by atoms with Gasteiger partial charge in [-0.2, -0.15) is 0 Å². The van der Waals surface area contributed by atoms with E-state index in [0.717, 1.165) is 6.42 Å². The van der Waals surface area contributed by atoms with Crippen LogP contribution >= 0.6 is 0 Å². The highest BCUT2D eigenvalue weighted by Crippen LogP contribution is 2.43. The molecule has 1 N–H and O–H groups in total. The molecule has 0 aromatic heterocycles. The van der Waals surface area contributed by atoms with Crippen molar-refractivity contribution in [2.24, 2.45) is 0 Å². The summed E-state index contributed by atoms with van der Waals surface area (Å²) in [5, 5.41) is 2.92. The summed E-state index contributed by atoms with van der Waals surface area (Å²) in [5.41, 5.74) is 4.11. The van der Waals surface area contributed by atoms with Gasteiger partial charge in [-0.25, -0.2) is 0 Å². The van der Waals surface area contributed by atoms with Gasteiger partial charge in [-0.15, -0.1) is 0 Å². The summed E-state index contributed by atoms with van der Waals surface area (Å²) >= 11 is 0. The van der Waals surface area contributed by atoms with Crippen LogP contribution in [0.15, 0.2) is 54.6 Å². The van der Waals surface area contributed by atoms with Gasteiger partial charge < -0.3 is 5.23 Å². The van der Waals surface area contributed by atoms with Crippen molar-refractivity contribution < 1.29 is 0 Å². The molecule has 2 heteroatoms. The minimum absolute atomic E-state index is 0.274. The molecule has 0 aliphatic heterocycles. The Morgan fingerprint density at radius 2 is 1.53 bits per heavy atom. The first-order valence-electron chi connectivity index (χ1n) is 6.00. The van der Waals surface area contributed by atoms with Crippen LogP contribution < -0.4 is 5.23 Å². The van der Waals surface area contributed by atoms with Crippen molar-refractivity contribution in [3.63, 3.8) is 0 Å². The molecule has 3 rings (SSSR count). The van der Waals surface area contributed by atoms with Crippen molar-refractivity contribution in [2.45, 2.75) is 18.4 Å². The van der Waals surface area contributed by atoms with E-state index in [2.05, 4.69) is 59.8 Å². The average molecular weight is 219 g/mol. The predicted molar refractivity (Wildman–Crippen MR) is 71.0 cm³/mol. The summed E-state index contributed by atoms with van der Waals surface area (Å²) in [5.74, 6) is 0.466. The summed E-state index contributed by atoms with van der Waals surface area (Å²) in [6.45, 7) is 0. The van der Waals surface area contributed by atoms with Crippen molar-refractivity contribution in [3.8, 4) is 0 Å². The molecule has 2 aromatic rings. The third-order valence-electron chi connectivity index (χ3n) is 3.62. The van der Waals surface area contributed by atoms with Crippen molar-refractivity contribution in [2.75, 3.05) is 0 Å². The minimum Gasteiger partial charge on any atom is -0.360 e. The Kier molecular flexibility index (Phi) is 2.73. The predicted octanol–water partition coefficient (Wildman–Crippen LogP) is 2.94. The van der Waals surface area contributed by atoms with Crippen LogP contribution in [-0.2, 0) is 0 Å². The Hall–Kier alpha value is -1.54. The van der Waals surface area contributed by atoms with Gasteiger partial charge in [0.25, 0.3) is 0 Å². The molecule has 0 saturated heterocycles. The lowest BCUT2D eigenvalue weighted by Gasteiger charge is -2.12. The fourth-order valence-electron chi connectivity index (χ4n) is 2.79. The van der Waals surface area contributed by atoms with Gasteiger partial charge in [-0.05, 0) is 23.1 Å². The first-order chi connectivity index (χ1) is 8.40. The van der Waals surface area contributed by atoms with Crippen LogP contribution in [0.4, 0.5) is 0 Å². The van der Waals surface area contributed by atoms with E-state index in [-0.39, 0.29) is 6.04 Å². The molecular weight excluding hydrogens is 205 g/mol. The number of fused-ring (bicyclic) bond motifs is 1. The lowest BCUT2D eigenvalue weighted by Crippen LogP contribution is -2.15. The fourth-order valence-corrected chi connectivity index (χ4v) is 2.79. The zero-order valence-corrected chi connectivity index (χ0v) is 9.64. The maximum Gasteiger partial charge on any atom is 0.178 e. The first-order valence-corrected chi connectivity index (χ1v) is 6.00. The highest BCUT2D eigenvalue weighted by atomic mass is 14.8. The molecule has 0 amide bonds. The lowest BCUT2D eigenvalue weighted by atomic mass is 9.93. The second-order valence-corrected chi connectivity index (χ2v) is 4.55. The van der Waals surface area contributed by atoms with E-state index in [4.69, 9.17) is 7.98 Å². The van der Waals surface area contributed by atoms with Gasteiger partial charge in [0.2, 0.25) is 0 Å². The third-order valence-corrected chi connectivity index (χ3v) is 3.62. The van der Waals surface area contributed by atoms with Gasteiger partial charge in [0.05, 0.1) is 0 Å². The highest BCUT2D eigenvalue weighted by Gasteiger charge is 2.29. The van der Waals surface area contributed by atoms with E-state index in [9.17, 15) is 0 Å². The van der Waals surface area contributed by atoms with Crippen molar-refractivity contribution in [1.29, 1.82) is 0 Å². The number of benzene rings is 2. The smallest absolute Gasteiger partial charge is 0.178 e. The zero-order chi connectivity index (χ0) is 11.7. The average Bonchev–Trinajstić information content (AvgIpc) is 2.78. The normalized spacial score (nSPS) is 22.4. The second-order valence-electron chi connectivity index (χ2n) is 4.55. The Balaban J connectivity index is 2.05. The minimum atomic E-state index is 0.274. The Labute approximate surface area is 103 Å². The van der Waals surface area contributed by atoms with Gasteiger partial charge in [0.1, 0.15) is 0 Å². The van der Waals surface area contributed by atoms with Gasteiger partial charge in [-0.3, -0.25) is 0 Å². The van der Waals surface area contributed by atoms with Crippen LogP contribution in [-0.4, -0.2) is 7.98 Å². The molecular formula is C15H14BN. The highest BCUT2D eigenvalue weighted by molar-refractivity contribution is 6.04. The van der Waals surface area contributed by atoms with Crippen molar-refractivity contribution >= 4 is 7.98 Å². The molecule has 0 unspecified atom stereocenters. The molecule has 0 heterocycles. The molecule has 1 nitrogen and oxygen atoms in total. The number of hydrogen-bond acceptors (Lipinski definition) is 1. The van der Waals surface area contributed by atoms with Gasteiger partial charge in [0.15, 0.2) is 7.98 Å². The molecule has 2 aromatic carbocycles. The molecule has 2 atom stereocenters. The van der Waals surface area contributed by atoms with Gasteiger partial charge in [-0.1, -0.05) is 54.6 Å². The lowest BCUT2D eigenvalue weighted by molar-refractivity contribution is 0.620. The molecule has 0 saturated carbocycles. The van der Waals surface area contributed by atoms with E-state index < -0.39 is 0 Å². The van der Waals surface area contributed by atoms with Crippen LogP contribution in [0.5, 0.6) is 0 Å². The number of hydrogen-bond donors (Lipinski definition) is 1. The summed E-state index contributed by atoms with van der Waals surface area (Å²) in [6, 6.07) is 19.5. The Morgan fingerprint density at radius 3 is 2.24 bits per heavy atom. The van der Waals surface area contributed by atoms with Crippen LogP contribution in [0, 0.1) is 0 Å². The monoisotopic (exact) mass is 219 g/mol. The van der Waals surface area contributed by atoms with Crippen LogP contribution in [0.1, 0.15) is 35.1 Å². The largest absolute Gasteiger partial charge is 0.360 e. The van der Waals surface area contributed by atoms with Gasteiger partial charge >= 0.3 is 0 Å². The number of rotatable bonds is 2. The fraction of sp³-hybridized carbons (Fsp3) is 0.200. The maximum atomic E-state index is 5.64. The molecule has 0 fully saturated rings. The van der Waals surface area contributed by atoms with E-state index >= 15 is 0 Å². The molecule has 17 heavy (non-hydrogen) atoms. The Bertz CT molecular complexity index is 509.